The molecule has 114 valence electrons. The zero-order chi connectivity index (χ0) is 16.1. The van der Waals surface area contributed by atoms with Gasteiger partial charge >= 0.3 is 5.97 Å². The molecule has 0 aliphatic carbocycles. The highest BCUT2D eigenvalue weighted by atomic mass is 16.4. The van der Waals surface area contributed by atoms with Crippen molar-refractivity contribution in [2.45, 2.75) is 19.5 Å². The van der Waals surface area contributed by atoms with E-state index >= 15 is 0 Å². The van der Waals surface area contributed by atoms with Gasteiger partial charge in [-0.3, -0.25) is 14.4 Å². The topological polar surface area (TPSA) is 101 Å². The van der Waals surface area contributed by atoms with Gasteiger partial charge < -0.3 is 10.4 Å². The SMILES string of the molecule is C[C@H](NC(=O)Cn1nc(-c2ccccc2)ccc1=O)C(=O)O. The second-order valence-corrected chi connectivity index (χ2v) is 4.71. The molecule has 0 spiro atoms. The molecule has 0 saturated heterocycles. The van der Waals surface area contributed by atoms with Gasteiger partial charge in [-0.25, -0.2) is 4.68 Å². The monoisotopic (exact) mass is 301 g/mol. The Morgan fingerprint density at radius 2 is 1.91 bits per heavy atom. The molecule has 7 nitrogen and oxygen atoms in total. The van der Waals surface area contributed by atoms with Crippen LogP contribution in [0.2, 0.25) is 0 Å². The quantitative estimate of drug-likeness (QED) is 0.837. The minimum absolute atomic E-state index is 0.336. The molecule has 0 aliphatic rings. The lowest BCUT2D eigenvalue weighted by Crippen LogP contribution is -2.41. The standard InChI is InChI=1S/C15H15N3O4/c1-10(15(21)22)16-13(19)9-18-14(20)8-7-12(17-18)11-5-3-2-4-6-11/h2-8,10H,9H2,1H3,(H,16,19)(H,21,22)/t10-/m0/s1. The zero-order valence-corrected chi connectivity index (χ0v) is 11.9. The molecule has 22 heavy (non-hydrogen) atoms. The molecule has 0 fully saturated rings. The van der Waals surface area contributed by atoms with Crippen LogP contribution in [0.25, 0.3) is 11.3 Å². The third kappa shape index (κ3) is 3.78. The number of amides is 1. The Morgan fingerprint density at radius 1 is 1.23 bits per heavy atom. The first-order valence-corrected chi connectivity index (χ1v) is 6.63. The number of aliphatic carboxylic acids is 1. The summed E-state index contributed by atoms with van der Waals surface area (Å²) in [5.74, 6) is -1.73. The minimum Gasteiger partial charge on any atom is -0.480 e. The summed E-state index contributed by atoms with van der Waals surface area (Å²) >= 11 is 0. The van der Waals surface area contributed by atoms with Crippen LogP contribution in [0, 0.1) is 0 Å². The van der Waals surface area contributed by atoms with E-state index in [0.717, 1.165) is 10.2 Å². The van der Waals surface area contributed by atoms with Gasteiger partial charge in [0.25, 0.3) is 5.56 Å². The van der Waals surface area contributed by atoms with Gasteiger partial charge in [0, 0.05) is 11.6 Å². The fourth-order valence-electron chi connectivity index (χ4n) is 1.81. The van der Waals surface area contributed by atoms with Gasteiger partial charge in [0.1, 0.15) is 12.6 Å². The molecule has 0 bridgehead atoms. The highest BCUT2D eigenvalue weighted by Crippen LogP contribution is 2.13. The average Bonchev–Trinajstić information content (AvgIpc) is 2.50. The Hall–Kier alpha value is -2.96. The van der Waals surface area contributed by atoms with E-state index in [-0.39, 0.29) is 6.54 Å². The van der Waals surface area contributed by atoms with Crippen LogP contribution in [0.15, 0.2) is 47.3 Å². The van der Waals surface area contributed by atoms with Crippen molar-refractivity contribution in [1.29, 1.82) is 0 Å². The summed E-state index contributed by atoms with van der Waals surface area (Å²) in [5.41, 5.74) is 0.938. The molecule has 2 aromatic rings. The lowest BCUT2D eigenvalue weighted by atomic mass is 10.1. The Labute approximate surface area is 126 Å². The summed E-state index contributed by atoms with van der Waals surface area (Å²) in [6.45, 7) is 1.01. The molecule has 0 aliphatic heterocycles. The molecule has 7 heteroatoms. The fourth-order valence-corrected chi connectivity index (χ4v) is 1.81. The first kappa shape index (κ1) is 15.4. The summed E-state index contributed by atoms with van der Waals surface area (Å²) in [7, 11) is 0. The summed E-state index contributed by atoms with van der Waals surface area (Å²) in [5, 5.41) is 15.2. The van der Waals surface area contributed by atoms with Crippen LogP contribution in [-0.4, -0.2) is 32.8 Å². The van der Waals surface area contributed by atoms with Crippen molar-refractivity contribution in [2.75, 3.05) is 0 Å². The number of carbonyl (C=O) groups is 2. The summed E-state index contributed by atoms with van der Waals surface area (Å²) in [6, 6.07) is 11.1. The van der Waals surface area contributed by atoms with Crippen LogP contribution in [-0.2, 0) is 16.1 Å². The molecule has 0 unspecified atom stereocenters. The van der Waals surface area contributed by atoms with E-state index in [1.807, 2.05) is 30.3 Å². The fraction of sp³-hybridized carbons (Fsp3) is 0.200. The lowest BCUT2D eigenvalue weighted by molar-refractivity contribution is -0.141. The minimum atomic E-state index is -1.15. The molecule has 0 saturated carbocycles. The van der Waals surface area contributed by atoms with Crippen LogP contribution < -0.4 is 10.9 Å². The third-order valence-corrected chi connectivity index (χ3v) is 2.98. The third-order valence-electron chi connectivity index (χ3n) is 2.98. The van der Waals surface area contributed by atoms with E-state index in [1.54, 1.807) is 6.07 Å². The highest BCUT2D eigenvalue weighted by molar-refractivity contribution is 5.83. The number of hydrogen-bond acceptors (Lipinski definition) is 4. The largest absolute Gasteiger partial charge is 0.480 e. The van der Waals surface area contributed by atoms with E-state index in [4.69, 9.17) is 5.11 Å². The maximum atomic E-state index is 11.8. The number of carbonyl (C=O) groups excluding carboxylic acids is 1. The lowest BCUT2D eigenvalue weighted by Gasteiger charge is -2.10. The van der Waals surface area contributed by atoms with Crippen molar-refractivity contribution in [3.8, 4) is 11.3 Å². The smallest absolute Gasteiger partial charge is 0.325 e. The number of nitrogens with zero attached hydrogens (tertiary/aromatic N) is 2. The number of hydrogen-bond donors (Lipinski definition) is 2. The average molecular weight is 301 g/mol. The second kappa shape index (κ2) is 6.66. The zero-order valence-electron chi connectivity index (χ0n) is 11.9. The molecule has 1 aromatic heterocycles. The molecule has 1 aromatic carbocycles. The van der Waals surface area contributed by atoms with Gasteiger partial charge in [-0.2, -0.15) is 5.10 Å². The Balaban J connectivity index is 2.19. The van der Waals surface area contributed by atoms with Crippen LogP contribution in [0.3, 0.4) is 0 Å². The molecule has 1 atom stereocenters. The van der Waals surface area contributed by atoms with Crippen molar-refractivity contribution in [3.63, 3.8) is 0 Å². The highest BCUT2D eigenvalue weighted by Gasteiger charge is 2.15. The van der Waals surface area contributed by atoms with E-state index in [9.17, 15) is 14.4 Å². The number of aromatic nitrogens is 2. The van der Waals surface area contributed by atoms with Crippen molar-refractivity contribution in [3.05, 3.63) is 52.8 Å². The first-order chi connectivity index (χ1) is 10.5. The predicted octanol–water partition coefficient (Wildman–Crippen LogP) is 0.500. The molecular formula is C15H15N3O4. The molecule has 0 radical (unpaired) electrons. The van der Waals surface area contributed by atoms with Crippen LogP contribution in [0.4, 0.5) is 0 Å². The summed E-state index contributed by atoms with van der Waals surface area (Å²) in [4.78, 5) is 34.2. The number of rotatable bonds is 5. The number of carboxylic acid groups (broad SMARTS) is 1. The molecule has 2 rings (SSSR count). The number of benzene rings is 1. The molecular weight excluding hydrogens is 286 g/mol. The van der Waals surface area contributed by atoms with Crippen LogP contribution in [0.1, 0.15) is 6.92 Å². The van der Waals surface area contributed by atoms with E-state index in [0.29, 0.717) is 5.69 Å². The van der Waals surface area contributed by atoms with E-state index in [2.05, 4.69) is 10.4 Å². The van der Waals surface area contributed by atoms with Crippen molar-refractivity contribution < 1.29 is 14.7 Å². The van der Waals surface area contributed by atoms with E-state index < -0.39 is 23.5 Å². The molecule has 1 amide bonds. The first-order valence-electron chi connectivity index (χ1n) is 6.63. The molecule has 1 heterocycles. The normalized spacial score (nSPS) is 11.7. The van der Waals surface area contributed by atoms with Crippen molar-refractivity contribution >= 4 is 11.9 Å². The Bertz CT molecular complexity index is 740. The number of carboxylic acids is 1. The van der Waals surface area contributed by atoms with Gasteiger partial charge in [-0.15, -0.1) is 0 Å². The second-order valence-electron chi connectivity index (χ2n) is 4.71. The van der Waals surface area contributed by atoms with Crippen LogP contribution >= 0.6 is 0 Å². The van der Waals surface area contributed by atoms with Gasteiger partial charge in [-0.05, 0) is 13.0 Å². The summed E-state index contributed by atoms with van der Waals surface area (Å²) in [6.07, 6.45) is 0. The van der Waals surface area contributed by atoms with Gasteiger partial charge in [0.05, 0.1) is 5.69 Å². The van der Waals surface area contributed by atoms with Crippen molar-refractivity contribution in [1.82, 2.24) is 15.1 Å². The predicted molar refractivity (Wildman–Crippen MR) is 79.2 cm³/mol. The van der Waals surface area contributed by atoms with Gasteiger partial charge in [0.2, 0.25) is 5.91 Å². The van der Waals surface area contributed by atoms with Crippen LogP contribution in [0.5, 0.6) is 0 Å². The van der Waals surface area contributed by atoms with Gasteiger partial charge in [0.15, 0.2) is 0 Å². The number of nitrogens with one attached hydrogen (secondary N) is 1. The van der Waals surface area contributed by atoms with Crippen molar-refractivity contribution in [2.24, 2.45) is 0 Å². The molecule has 2 N–H and O–H groups in total. The Kier molecular flexibility index (Phi) is 4.67. The maximum absolute atomic E-state index is 11.8. The Morgan fingerprint density at radius 3 is 2.55 bits per heavy atom. The summed E-state index contributed by atoms with van der Waals surface area (Å²) < 4.78 is 1.01. The van der Waals surface area contributed by atoms with E-state index in [1.165, 1.54) is 13.0 Å². The van der Waals surface area contributed by atoms with Gasteiger partial charge in [-0.1, -0.05) is 30.3 Å². The maximum Gasteiger partial charge on any atom is 0.325 e.